The van der Waals surface area contributed by atoms with Crippen molar-refractivity contribution in [2.45, 2.75) is 58.5 Å². The zero-order valence-electron chi connectivity index (χ0n) is 24.6. The van der Waals surface area contributed by atoms with Crippen molar-refractivity contribution in [3.63, 3.8) is 0 Å². The van der Waals surface area contributed by atoms with Crippen molar-refractivity contribution in [1.29, 1.82) is 0 Å². The van der Waals surface area contributed by atoms with Crippen LogP contribution in [0.25, 0.3) is 0 Å². The first-order valence-electron chi connectivity index (χ1n) is 13.3. The number of carbonyl (C=O) groups is 3. The Hall–Kier alpha value is -4.54. The summed E-state index contributed by atoms with van der Waals surface area (Å²) in [4.78, 5) is 42.2. The third-order valence-electron chi connectivity index (χ3n) is 6.64. The van der Waals surface area contributed by atoms with Crippen LogP contribution in [0, 0.1) is 6.92 Å². The molecule has 0 aliphatic rings. The molecule has 2 aromatic carbocycles. The summed E-state index contributed by atoms with van der Waals surface area (Å²) < 4.78 is 21.6. The van der Waals surface area contributed by atoms with Crippen LogP contribution in [0.3, 0.4) is 0 Å². The number of carbonyl (C=O) groups excluding carboxylic acids is 3. The van der Waals surface area contributed by atoms with E-state index >= 15 is 0 Å². The summed E-state index contributed by atoms with van der Waals surface area (Å²) in [5.74, 6) is 0.671. The van der Waals surface area contributed by atoms with Gasteiger partial charge < -0.3 is 29.4 Å². The van der Waals surface area contributed by atoms with Crippen LogP contribution in [0.4, 0.5) is 11.5 Å². The number of ether oxygens (including phenoxy) is 3. The molecule has 0 saturated heterocycles. The van der Waals surface area contributed by atoms with Gasteiger partial charge in [-0.1, -0.05) is 30.3 Å². The molecule has 3 rings (SSSR count). The number of para-hydroxylation sites is 1. The second-order valence-corrected chi connectivity index (χ2v) is 10.0. The molecule has 0 spiro atoms. The molecule has 11 nitrogen and oxygen atoms in total. The fourth-order valence-electron chi connectivity index (χ4n) is 4.18. The first-order valence-corrected chi connectivity index (χ1v) is 13.3. The number of hydrogen-bond donors (Lipinski definition) is 2. The SMILES string of the molecule is CCC(C)(C)NC(=O)C(c1cccc(OC)c1OC)N(C(=O)CCC(=O)Nc1cc(C)on1)c1cccc(OC)c1. The van der Waals surface area contributed by atoms with Gasteiger partial charge in [-0.15, -0.1) is 0 Å². The van der Waals surface area contributed by atoms with E-state index in [0.717, 1.165) is 0 Å². The van der Waals surface area contributed by atoms with E-state index in [4.69, 9.17) is 18.7 Å². The normalized spacial score (nSPS) is 11.8. The standard InChI is InChI=1S/C30H38N4O7/c1-8-30(3,4)32-29(37)27(22-13-10-14-23(39-6)28(22)40-7)34(20-11-9-12-21(18-20)38-5)26(36)16-15-25(35)31-24-17-19(2)41-33-24/h9-14,17-18,27H,8,15-16H2,1-7H3,(H,32,37)(H,31,33,35). The highest BCUT2D eigenvalue weighted by molar-refractivity contribution is 6.03. The number of aryl methyl sites for hydroxylation is 1. The van der Waals surface area contributed by atoms with Crippen molar-refractivity contribution < 1.29 is 33.1 Å². The average Bonchev–Trinajstić information content (AvgIpc) is 3.37. The molecule has 1 heterocycles. The summed E-state index contributed by atoms with van der Waals surface area (Å²) >= 11 is 0. The number of benzene rings is 2. The van der Waals surface area contributed by atoms with E-state index < -0.39 is 29.3 Å². The van der Waals surface area contributed by atoms with Crippen LogP contribution in [0.5, 0.6) is 17.2 Å². The number of aromatic nitrogens is 1. The number of rotatable bonds is 13. The van der Waals surface area contributed by atoms with Gasteiger partial charge >= 0.3 is 0 Å². The van der Waals surface area contributed by atoms with Gasteiger partial charge in [0.25, 0.3) is 0 Å². The van der Waals surface area contributed by atoms with Crippen LogP contribution >= 0.6 is 0 Å². The van der Waals surface area contributed by atoms with Crippen LogP contribution < -0.4 is 29.7 Å². The summed E-state index contributed by atoms with van der Waals surface area (Å²) in [5.41, 5.74) is 0.247. The van der Waals surface area contributed by atoms with Gasteiger partial charge in [0.1, 0.15) is 17.6 Å². The molecule has 0 bridgehead atoms. The average molecular weight is 567 g/mol. The molecule has 41 heavy (non-hydrogen) atoms. The van der Waals surface area contributed by atoms with Crippen molar-refractivity contribution in [2.75, 3.05) is 31.5 Å². The molecule has 0 fully saturated rings. The van der Waals surface area contributed by atoms with Crippen molar-refractivity contribution in [3.8, 4) is 17.2 Å². The van der Waals surface area contributed by atoms with Crippen molar-refractivity contribution in [2.24, 2.45) is 0 Å². The Labute approximate surface area is 240 Å². The molecule has 220 valence electrons. The van der Waals surface area contributed by atoms with Gasteiger partial charge in [0.05, 0.1) is 21.3 Å². The Balaban J connectivity index is 2.10. The summed E-state index contributed by atoms with van der Waals surface area (Å²) in [6.07, 6.45) is 0.290. The zero-order valence-corrected chi connectivity index (χ0v) is 24.6. The molecule has 1 aromatic heterocycles. The Bertz CT molecular complexity index is 1370. The minimum atomic E-state index is -1.17. The topological polar surface area (TPSA) is 132 Å². The van der Waals surface area contributed by atoms with Crippen molar-refractivity contribution in [1.82, 2.24) is 10.5 Å². The molecule has 1 unspecified atom stereocenters. The maximum atomic E-state index is 14.1. The number of anilines is 2. The number of hydrogen-bond acceptors (Lipinski definition) is 8. The van der Waals surface area contributed by atoms with E-state index in [9.17, 15) is 14.4 Å². The van der Waals surface area contributed by atoms with Crippen molar-refractivity contribution in [3.05, 3.63) is 59.9 Å². The molecule has 0 aliphatic heterocycles. The van der Waals surface area contributed by atoms with E-state index in [1.165, 1.54) is 26.2 Å². The van der Waals surface area contributed by atoms with E-state index in [-0.39, 0.29) is 18.7 Å². The van der Waals surface area contributed by atoms with Gasteiger partial charge in [-0.05, 0) is 45.4 Å². The predicted molar refractivity (Wildman–Crippen MR) is 154 cm³/mol. The molecule has 0 saturated carbocycles. The van der Waals surface area contributed by atoms with Gasteiger partial charge in [-0.3, -0.25) is 19.3 Å². The third-order valence-corrected chi connectivity index (χ3v) is 6.64. The van der Waals surface area contributed by atoms with Crippen LogP contribution in [0.2, 0.25) is 0 Å². The Kier molecular flexibility index (Phi) is 10.3. The lowest BCUT2D eigenvalue weighted by Gasteiger charge is -2.35. The fourth-order valence-corrected chi connectivity index (χ4v) is 4.18. The molecule has 3 aromatic rings. The lowest BCUT2D eigenvalue weighted by molar-refractivity contribution is -0.128. The fraction of sp³-hybridized carbons (Fsp3) is 0.400. The molecule has 2 N–H and O–H groups in total. The summed E-state index contributed by atoms with van der Waals surface area (Å²) in [6, 6.07) is 12.4. The summed E-state index contributed by atoms with van der Waals surface area (Å²) in [5, 5.41) is 9.45. The molecular weight excluding hydrogens is 528 g/mol. The molecule has 0 aliphatic carbocycles. The number of nitrogens with one attached hydrogen (secondary N) is 2. The van der Waals surface area contributed by atoms with E-state index in [2.05, 4.69) is 15.8 Å². The number of amides is 3. The van der Waals surface area contributed by atoms with Crippen molar-refractivity contribution >= 4 is 29.2 Å². The van der Waals surface area contributed by atoms with Gasteiger partial charge in [-0.25, -0.2) is 0 Å². The highest BCUT2D eigenvalue weighted by Gasteiger charge is 2.37. The van der Waals surface area contributed by atoms with Gasteiger partial charge in [-0.2, -0.15) is 0 Å². The first-order chi connectivity index (χ1) is 19.5. The molecule has 11 heteroatoms. The van der Waals surface area contributed by atoms with Gasteiger partial charge in [0.15, 0.2) is 17.3 Å². The van der Waals surface area contributed by atoms with Crippen LogP contribution in [0.1, 0.15) is 57.4 Å². The Morgan fingerprint density at radius 2 is 1.73 bits per heavy atom. The highest BCUT2D eigenvalue weighted by Crippen LogP contribution is 2.40. The van der Waals surface area contributed by atoms with E-state index in [1.807, 2.05) is 20.8 Å². The summed E-state index contributed by atoms with van der Waals surface area (Å²) in [7, 11) is 4.48. The Morgan fingerprint density at radius 1 is 1.00 bits per heavy atom. The lowest BCUT2D eigenvalue weighted by atomic mass is 9.97. The molecule has 0 radical (unpaired) electrons. The first kappa shape index (κ1) is 31.0. The minimum Gasteiger partial charge on any atom is -0.497 e. The predicted octanol–water partition coefficient (Wildman–Crippen LogP) is 4.81. The largest absolute Gasteiger partial charge is 0.497 e. The Morgan fingerprint density at radius 3 is 2.34 bits per heavy atom. The molecular formula is C30H38N4O7. The van der Waals surface area contributed by atoms with Crippen LogP contribution in [0.15, 0.2) is 53.1 Å². The highest BCUT2D eigenvalue weighted by atomic mass is 16.5. The smallest absolute Gasteiger partial charge is 0.248 e. The minimum absolute atomic E-state index is 0.157. The monoisotopic (exact) mass is 566 g/mol. The molecule has 3 amide bonds. The maximum Gasteiger partial charge on any atom is 0.248 e. The molecule has 1 atom stereocenters. The third kappa shape index (κ3) is 7.77. The second-order valence-electron chi connectivity index (χ2n) is 10.0. The van der Waals surface area contributed by atoms with E-state index in [1.54, 1.807) is 55.5 Å². The zero-order chi connectivity index (χ0) is 30.2. The van der Waals surface area contributed by atoms with Gasteiger partial charge in [0.2, 0.25) is 17.7 Å². The van der Waals surface area contributed by atoms with E-state index in [0.29, 0.717) is 40.7 Å². The van der Waals surface area contributed by atoms with Gasteiger partial charge in [0, 0.05) is 41.8 Å². The van der Waals surface area contributed by atoms with Crippen LogP contribution in [-0.4, -0.2) is 49.7 Å². The quantitative estimate of drug-likeness (QED) is 0.301. The van der Waals surface area contributed by atoms with Crippen LogP contribution in [-0.2, 0) is 14.4 Å². The second kappa shape index (κ2) is 13.7. The number of nitrogens with zero attached hydrogens (tertiary/aromatic N) is 2. The lowest BCUT2D eigenvalue weighted by Crippen LogP contribution is -2.50. The summed E-state index contributed by atoms with van der Waals surface area (Å²) in [6.45, 7) is 7.47. The number of methoxy groups -OCH3 is 3. The maximum absolute atomic E-state index is 14.1.